The highest BCUT2D eigenvalue weighted by atomic mass is 32.1. The molecule has 114 valence electrons. The number of hydrogen-bond donors (Lipinski definition) is 1. The van der Waals surface area contributed by atoms with E-state index in [1.165, 1.54) is 32.1 Å². The molecule has 1 aromatic carbocycles. The molecule has 0 atom stereocenters. The molecule has 0 spiro atoms. The van der Waals surface area contributed by atoms with Crippen LogP contribution in [0.3, 0.4) is 0 Å². The van der Waals surface area contributed by atoms with Gasteiger partial charge in [-0.3, -0.25) is 4.79 Å². The van der Waals surface area contributed by atoms with Gasteiger partial charge in [-0.15, -0.1) is 0 Å². The van der Waals surface area contributed by atoms with Gasteiger partial charge in [0.2, 0.25) is 5.91 Å². The Labute approximate surface area is 132 Å². The number of carbonyl (C=O) groups excluding carboxylic acids is 1. The van der Waals surface area contributed by atoms with Gasteiger partial charge in [0.15, 0.2) is 0 Å². The van der Waals surface area contributed by atoms with Gasteiger partial charge in [-0.2, -0.15) is 0 Å². The van der Waals surface area contributed by atoms with E-state index in [-0.39, 0.29) is 5.91 Å². The number of carbonyl (C=O) groups is 1. The average molecular weight is 304 g/mol. The van der Waals surface area contributed by atoms with Crippen molar-refractivity contribution in [1.82, 2.24) is 4.90 Å². The Morgan fingerprint density at radius 2 is 2.05 bits per heavy atom. The van der Waals surface area contributed by atoms with E-state index in [0.29, 0.717) is 23.9 Å². The van der Waals surface area contributed by atoms with Crippen molar-refractivity contribution in [3.05, 3.63) is 35.4 Å². The second-order valence-corrected chi connectivity index (χ2v) is 6.46. The van der Waals surface area contributed by atoms with Crippen LogP contribution < -0.4 is 5.73 Å². The molecule has 21 heavy (non-hydrogen) atoms. The largest absolute Gasteiger partial charge is 0.389 e. The van der Waals surface area contributed by atoms with Gasteiger partial charge in [0.05, 0.1) is 0 Å². The highest BCUT2D eigenvalue weighted by molar-refractivity contribution is 7.80. The molecule has 0 unspecified atom stereocenters. The highest BCUT2D eigenvalue weighted by Gasteiger charge is 2.19. The van der Waals surface area contributed by atoms with E-state index in [9.17, 15) is 4.79 Å². The number of nitrogens with two attached hydrogens (primary N) is 1. The van der Waals surface area contributed by atoms with Crippen LogP contribution in [0.15, 0.2) is 24.3 Å². The molecule has 0 aromatic heterocycles. The van der Waals surface area contributed by atoms with Crippen LogP contribution in [0.4, 0.5) is 0 Å². The lowest BCUT2D eigenvalue weighted by Gasteiger charge is -2.24. The number of benzene rings is 1. The standard InChI is InChI=1S/C17H24N2OS/c1-19(16(20)11-13-6-3-2-4-7-13)12-14-8-5-9-15(10-14)17(18)21/h5,8-10,13H,2-4,6-7,11-12H2,1H3,(H2,18,21). The lowest BCUT2D eigenvalue weighted by Crippen LogP contribution is -2.28. The zero-order chi connectivity index (χ0) is 15.2. The molecule has 0 aliphatic heterocycles. The Morgan fingerprint density at radius 1 is 1.33 bits per heavy atom. The first-order valence-corrected chi connectivity index (χ1v) is 8.10. The predicted molar refractivity (Wildman–Crippen MR) is 90.0 cm³/mol. The third-order valence-electron chi connectivity index (χ3n) is 4.25. The fraction of sp³-hybridized carbons (Fsp3) is 0.529. The van der Waals surface area contributed by atoms with Crippen LogP contribution in [-0.4, -0.2) is 22.8 Å². The Bertz CT molecular complexity index is 509. The molecular formula is C17H24N2OS. The first kappa shape index (κ1) is 16.0. The summed E-state index contributed by atoms with van der Waals surface area (Å²) in [6.07, 6.45) is 6.97. The Balaban J connectivity index is 1.90. The molecule has 1 aliphatic carbocycles. The summed E-state index contributed by atoms with van der Waals surface area (Å²) in [6, 6.07) is 7.80. The Kier molecular flexibility index (Phi) is 5.74. The number of nitrogens with zero attached hydrogens (tertiary/aromatic N) is 1. The lowest BCUT2D eigenvalue weighted by atomic mass is 9.86. The minimum atomic E-state index is 0.239. The molecule has 0 bridgehead atoms. The molecule has 0 heterocycles. The monoisotopic (exact) mass is 304 g/mol. The summed E-state index contributed by atoms with van der Waals surface area (Å²) in [5, 5.41) is 0. The fourth-order valence-corrected chi connectivity index (χ4v) is 3.11. The molecule has 2 rings (SSSR count). The molecule has 0 radical (unpaired) electrons. The Hall–Kier alpha value is -1.42. The van der Waals surface area contributed by atoms with Crippen molar-refractivity contribution >= 4 is 23.1 Å². The topological polar surface area (TPSA) is 46.3 Å². The van der Waals surface area contributed by atoms with Crippen molar-refractivity contribution in [3.8, 4) is 0 Å². The van der Waals surface area contributed by atoms with Gasteiger partial charge >= 0.3 is 0 Å². The molecular weight excluding hydrogens is 280 g/mol. The van der Waals surface area contributed by atoms with Crippen molar-refractivity contribution in [2.45, 2.75) is 45.1 Å². The molecule has 1 aliphatic rings. The maximum absolute atomic E-state index is 12.3. The molecule has 1 saturated carbocycles. The summed E-state index contributed by atoms with van der Waals surface area (Å²) in [7, 11) is 1.87. The maximum atomic E-state index is 12.3. The zero-order valence-electron chi connectivity index (χ0n) is 12.7. The van der Waals surface area contributed by atoms with E-state index in [0.717, 1.165) is 11.1 Å². The zero-order valence-corrected chi connectivity index (χ0v) is 13.5. The maximum Gasteiger partial charge on any atom is 0.222 e. The summed E-state index contributed by atoms with van der Waals surface area (Å²) < 4.78 is 0. The van der Waals surface area contributed by atoms with Crippen LogP contribution >= 0.6 is 12.2 Å². The molecule has 1 aromatic rings. The van der Waals surface area contributed by atoms with Gasteiger partial charge in [-0.1, -0.05) is 49.7 Å². The van der Waals surface area contributed by atoms with Crippen LogP contribution in [0.1, 0.15) is 49.7 Å². The minimum absolute atomic E-state index is 0.239. The SMILES string of the molecule is CN(Cc1cccc(C(N)=S)c1)C(=O)CC1CCCCC1. The summed E-state index contributed by atoms with van der Waals surface area (Å²) in [5.41, 5.74) is 7.57. The predicted octanol–water partition coefficient (Wildman–Crippen LogP) is 3.25. The number of rotatable bonds is 5. The van der Waals surface area contributed by atoms with Crippen molar-refractivity contribution < 1.29 is 4.79 Å². The first-order chi connectivity index (χ1) is 10.1. The van der Waals surface area contributed by atoms with Gasteiger partial charge in [-0.25, -0.2) is 0 Å². The van der Waals surface area contributed by atoms with E-state index < -0.39 is 0 Å². The lowest BCUT2D eigenvalue weighted by molar-refractivity contribution is -0.131. The van der Waals surface area contributed by atoms with E-state index in [1.54, 1.807) is 0 Å². The van der Waals surface area contributed by atoms with Crippen molar-refractivity contribution in [1.29, 1.82) is 0 Å². The molecule has 4 heteroatoms. The quantitative estimate of drug-likeness (QED) is 0.849. The number of hydrogen-bond acceptors (Lipinski definition) is 2. The fourth-order valence-electron chi connectivity index (χ4n) is 2.98. The van der Waals surface area contributed by atoms with Gasteiger partial charge in [-0.05, 0) is 30.4 Å². The van der Waals surface area contributed by atoms with E-state index >= 15 is 0 Å². The van der Waals surface area contributed by atoms with Crippen LogP contribution in [0.25, 0.3) is 0 Å². The first-order valence-electron chi connectivity index (χ1n) is 7.69. The van der Waals surface area contributed by atoms with Gasteiger partial charge in [0.25, 0.3) is 0 Å². The van der Waals surface area contributed by atoms with Gasteiger partial charge in [0, 0.05) is 25.6 Å². The van der Waals surface area contributed by atoms with Gasteiger partial charge in [0.1, 0.15) is 4.99 Å². The third-order valence-corrected chi connectivity index (χ3v) is 4.48. The molecule has 2 N–H and O–H groups in total. The molecule has 1 amide bonds. The average Bonchev–Trinajstić information content (AvgIpc) is 2.48. The van der Waals surface area contributed by atoms with Crippen LogP contribution in [0, 0.1) is 5.92 Å². The van der Waals surface area contributed by atoms with Gasteiger partial charge < -0.3 is 10.6 Å². The van der Waals surface area contributed by atoms with E-state index in [2.05, 4.69) is 0 Å². The summed E-state index contributed by atoms with van der Waals surface area (Å²) >= 11 is 4.99. The number of thiocarbonyl (C=S) groups is 1. The summed E-state index contributed by atoms with van der Waals surface area (Å²) in [6.45, 7) is 0.613. The smallest absolute Gasteiger partial charge is 0.222 e. The molecule has 0 saturated heterocycles. The van der Waals surface area contributed by atoms with E-state index in [1.807, 2.05) is 36.2 Å². The second-order valence-electron chi connectivity index (χ2n) is 6.02. The summed E-state index contributed by atoms with van der Waals surface area (Å²) in [5.74, 6) is 0.819. The van der Waals surface area contributed by atoms with Crippen molar-refractivity contribution in [2.24, 2.45) is 11.7 Å². The Morgan fingerprint density at radius 3 is 2.71 bits per heavy atom. The normalized spacial score (nSPS) is 15.7. The van der Waals surface area contributed by atoms with Crippen LogP contribution in [0.5, 0.6) is 0 Å². The molecule has 1 fully saturated rings. The van der Waals surface area contributed by atoms with E-state index in [4.69, 9.17) is 18.0 Å². The molecule has 3 nitrogen and oxygen atoms in total. The van der Waals surface area contributed by atoms with Crippen molar-refractivity contribution in [2.75, 3.05) is 7.05 Å². The summed E-state index contributed by atoms with van der Waals surface area (Å²) in [4.78, 5) is 14.5. The number of amides is 1. The van der Waals surface area contributed by atoms with Crippen LogP contribution in [-0.2, 0) is 11.3 Å². The third kappa shape index (κ3) is 4.81. The minimum Gasteiger partial charge on any atom is -0.389 e. The van der Waals surface area contributed by atoms with Crippen LogP contribution in [0.2, 0.25) is 0 Å². The second kappa shape index (κ2) is 7.55. The van der Waals surface area contributed by atoms with Crippen molar-refractivity contribution in [3.63, 3.8) is 0 Å². The highest BCUT2D eigenvalue weighted by Crippen LogP contribution is 2.26.